The maximum atomic E-state index is 11.8. The van der Waals surface area contributed by atoms with Crippen LogP contribution in [0.1, 0.15) is 11.1 Å². The first-order chi connectivity index (χ1) is 16.8. The second-order valence-corrected chi connectivity index (χ2v) is 10.7. The molecule has 9 nitrogen and oxygen atoms in total. The number of aromatic hydroxyl groups is 1. The Labute approximate surface area is 203 Å². The quantitative estimate of drug-likeness (QED) is 0.456. The molecule has 0 radical (unpaired) electrons. The Balaban J connectivity index is 1.28. The maximum absolute atomic E-state index is 11.8. The van der Waals surface area contributed by atoms with Crippen LogP contribution in [0.3, 0.4) is 0 Å². The van der Waals surface area contributed by atoms with Crippen molar-refractivity contribution in [2.45, 2.75) is 11.4 Å². The first-order valence-corrected chi connectivity index (χ1v) is 13.0. The van der Waals surface area contributed by atoms with Gasteiger partial charge in [-0.05, 0) is 35.9 Å². The Morgan fingerprint density at radius 3 is 2.57 bits per heavy atom. The lowest BCUT2D eigenvalue weighted by atomic mass is 10.1. The number of nitriles is 1. The van der Waals surface area contributed by atoms with Gasteiger partial charge in [0.05, 0.1) is 28.4 Å². The molecule has 0 atom stereocenters. The molecule has 178 valence electrons. The summed E-state index contributed by atoms with van der Waals surface area (Å²) in [5, 5.41) is 23.7. The van der Waals surface area contributed by atoms with Crippen molar-refractivity contribution in [1.29, 1.82) is 5.26 Å². The standard InChI is InChI=1S/C25H24N6O3S/c1-35(33,34)22-4-2-3-18(11-22)16-29-7-9-30(10-8-29)24-6-5-19(14-27-24)23-12-21(32)17-31-25(23)20(13-26)15-28-31/h2-6,11-12,14-15,17,32H,7-10,16H2,1H3. The van der Waals surface area contributed by atoms with Gasteiger partial charge < -0.3 is 10.0 Å². The highest BCUT2D eigenvalue weighted by atomic mass is 32.2. The molecule has 35 heavy (non-hydrogen) atoms. The molecule has 10 heteroatoms. The number of aromatic nitrogens is 3. The number of nitrogens with zero attached hydrogens (tertiary/aromatic N) is 6. The van der Waals surface area contributed by atoms with Crippen molar-refractivity contribution in [2.75, 3.05) is 37.3 Å². The van der Waals surface area contributed by atoms with Crippen LogP contribution in [0.4, 0.5) is 5.82 Å². The molecule has 0 amide bonds. The van der Waals surface area contributed by atoms with E-state index in [0.29, 0.717) is 28.1 Å². The van der Waals surface area contributed by atoms with Crippen molar-refractivity contribution < 1.29 is 13.5 Å². The van der Waals surface area contributed by atoms with Gasteiger partial charge in [-0.25, -0.2) is 17.9 Å². The summed E-state index contributed by atoms with van der Waals surface area (Å²) in [5.74, 6) is 0.917. The molecular formula is C25H24N6O3S. The van der Waals surface area contributed by atoms with Gasteiger partial charge in [0, 0.05) is 56.3 Å². The topological polar surface area (TPSA) is 115 Å². The fourth-order valence-corrected chi connectivity index (χ4v) is 5.10. The van der Waals surface area contributed by atoms with Crippen LogP contribution < -0.4 is 4.90 Å². The monoisotopic (exact) mass is 488 g/mol. The van der Waals surface area contributed by atoms with Gasteiger partial charge in [0.25, 0.3) is 0 Å². The molecule has 0 unspecified atom stereocenters. The zero-order valence-corrected chi connectivity index (χ0v) is 20.0. The Kier molecular flexibility index (Phi) is 5.88. The smallest absolute Gasteiger partial charge is 0.175 e. The predicted octanol–water partition coefficient (Wildman–Crippen LogP) is 2.70. The van der Waals surface area contributed by atoms with E-state index in [2.05, 4.69) is 26.0 Å². The zero-order valence-electron chi connectivity index (χ0n) is 19.2. The molecule has 0 bridgehead atoms. The number of hydrogen-bond acceptors (Lipinski definition) is 8. The van der Waals surface area contributed by atoms with Crippen molar-refractivity contribution in [2.24, 2.45) is 0 Å². The molecule has 0 spiro atoms. The lowest BCUT2D eigenvalue weighted by Gasteiger charge is -2.35. The summed E-state index contributed by atoms with van der Waals surface area (Å²) in [5.41, 5.74) is 3.53. The van der Waals surface area contributed by atoms with Gasteiger partial charge >= 0.3 is 0 Å². The van der Waals surface area contributed by atoms with E-state index in [1.165, 1.54) is 23.2 Å². The van der Waals surface area contributed by atoms with E-state index in [0.717, 1.165) is 43.1 Å². The van der Waals surface area contributed by atoms with Crippen LogP contribution in [0.15, 0.2) is 66.0 Å². The Morgan fingerprint density at radius 1 is 1.09 bits per heavy atom. The minimum absolute atomic E-state index is 0.0577. The molecular weight excluding hydrogens is 464 g/mol. The number of hydrogen-bond donors (Lipinski definition) is 1. The molecule has 1 N–H and O–H groups in total. The minimum atomic E-state index is -3.22. The average molecular weight is 489 g/mol. The van der Waals surface area contributed by atoms with E-state index in [-0.39, 0.29) is 5.75 Å². The lowest BCUT2D eigenvalue weighted by Crippen LogP contribution is -2.46. The first kappa shape index (κ1) is 22.8. The fourth-order valence-electron chi connectivity index (χ4n) is 4.41. The second-order valence-electron chi connectivity index (χ2n) is 8.66. The first-order valence-electron chi connectivity index (χ1n) is 11.1. The molecule has 4 heterocycles. The summed E-state index contributed by atoms with van der Waals surface area (Å²) >= 11 is 0. The molecule has 5 rings (SSSR count). The highest BCUT2D eigenvalue weighted by Gasteiger charge is 2.19. The van der Waals surface area contributed by atoms with E-state index < -0.39 is 9.84 Å². The van der Waals surface area contributed by atoms with Gasteiger partial charge in [0.1, 0.15) is 17.6 Å². The number of fused-ring (bicyclic) bond motifs is 1. The highest BCUT2D eigenvalue weighted by Crippen LogP contribution is 2.31. The van der Waals surface area contributed by atoms with Gasteiger partial charge in [-0.3, -0.25) is 4.90 Å². The van der Waals surface area contributed by atoms with Gasteiger partial charge in [0.2, 0.25) is 0 Å². The van der Waals surface area contributed by atoms with Crippen LogP contribution >= 0.6 is 0 Å². The van der Waals surface area contributed by atoms with Gasteiger partial charge in [-0.2, -0.15) is 10.4 Å². The van der Waals surface area contributed by atoms with Gasteiger partial charge in [-0.15, -0.1) is 0 Å². The third-order valence-electron chi connectivity index (χ3n) is 6.21. The number of pyridine rings is 2. The number of rotatable bonds is 5. The largest absolute Gasteiger partial charge is 0.506 e. The Morgan fingerprint density at radius 2 is 1.89 bits per heavy atom. The molecule has 3 aromatic heterocycles. The van der Waals surface area contributed by atoms with E-state index in [4.69, 9.17) is 0 Å². The van der Waals surface area contributed by atoms with Crippen molar-refractivity contribution in [3.05, 3.63) is 72.2 Å². The maximum Gasteiger partial charge on any atom is 0.175 e. The van der Waals surface area contributed by atoms with Crippen molar-refractivity contribution in [1.82, 2.24) is 19.5 Å². The molecule has 1 aliphatic rings. The van der Waals surface area contributed by atoms with Crippen LogP contribution in [0.25, 0.3) is 16.6 Å². The summed E-state index contributed by atoms with van der Waals surface area (Å²) in [6.07, 6.45) is 5.93. The lowest BCUT2D eigenvalue weighted by molar-refractivity contribution is 0.249. The van der Waals surface area contributed by atoms with Gasteiger partial charge in [-0.1, -0.05) is 12.1 Å². The number of benzene rings is 1. The second kappa shape index (κ2) is 9.02. The van der Waals surface area contributed by atoms with E-state index in [9.17, 15) is 18.8 Å². The van der Waals surface area contributed by atoms with Crippen LogP contribution in [-0.4, -0.2) is 65.5 Å². The average Bonchev–Trinajstić information content (AvgIpc) is 3.27. The normalized spacial score (nSPS) is 14.8. The molecule has 1 aromatic carbocycles. The Bertz CT molecular complexity index is 1530. The van der Waals surface area contributed by atoms with Crippen LogP contribution in [0.5, 0.6) is 5.75 Å². The van der Waals surface area contributed by atoms with E-state index in [1.54, 1.807) is 30.5 Å². The summed E-state index contributed by atoms with van der Waals surface area (Å²) in [7, 11) is -3.22. The van der Waals surface area contributed by atoms with Gasteiger partial charge in [0.15, 0.2) is 9.84 Å². The molecule has 1 saturated heterocycles. The number of sulfone groups is 1. The summed E-state index contributed by atoms with van der Waals surface area (Å²) < 4.78 is 25.2. The van der Waals surface area contributed by atoms with Crippen molar-refractivity contribution in [3.63, 3.8) is 0 Å². The number of piperazine rings is 1. The fraction of sp³-hybridized carbons (Fsp3) is 0.240. The molecule has 4 aromatic rings. The highest BCUT2D eigenvalue weighted by molar-refractivity contribution is 7.90. The predicted molar refractivity (Wildman–Crippen MR) is 132 cm³/mol. The van der Waals surface area contributed by atoms with Crippen molar-refractivity contribution >= 4 is 21.2 Å². The third kappa shape index (κ3) is 4.69. The van der Waals surface area contributed by atoms with E-state index in [1.807, 2.05) is 18.2 Å². The van der Waals surface area contributed by atoms with Crippen LogP contribution in [0.2, 0.25) is 0 Å². The number of anilines is 1. The molecule has 0 saturated carbocycles. The molecule has 1 aliphatic heterocycles. The zero-order chi connectivity index (χ0) is 24.6. The van der Waals surface area contributed by atoms with E-state index >= 15 is 0 Å². The molecule has 0 aliphatic carbocycles. The summed E-state index contributed by atoms with van der Waals surface area (Å²) in [6.45, 7) is 3.97. The molecule has 1 fully saturated rings. The summed E-state index contributed by atoms with van der Waals surface area (Å²) in [4.78, 5) is 9.51. The SMILES string of the molecule is CS(=O)(=O)c1cccc(CN2CCN(c3ccc(-c4cc(O)cn5ncc(C#N)c45)cn3)CC2)c1. The van der Waals surface area contributed by atoms with Crippen LogP contribution in [-0.2, 0) is 16.4 Å². The third-order valence-corrected chi connectivity index (χ3v) is 7.32. The summed E-state index contributed by atoms with van der Waals surface area (Å²) in [6, 6.07) is 14.8. The van der Waals surface area contributed by atoms with Crippen molar-refractivity contribution in [3.8, 4) is 22.9 Å². The minimum Gasteiger partial charge on any atom is -0.506 e. The van der Waals surface area contributed by atoms with Crippen LogP contribution in [0, 0.1) is 11.3 Å². The Hall–Kier alpha value is -3.94.